The lowest BCUT2D eigenvalue weighted by Gasteiger charge is -2.24. The molecular weight excluding hydrogens is 128 g/mol. The topological polar surface area (TPSA) is 33.3 Å². The van der Waals surface area contributed by atoms with E-state index in [4.69, 9.17) is 4.74 Å². The number of rotatable bonds is 2. The maximum absolute atomic E-state index is 5.33. The van der Waals surface area contributed by atoms with Crippen LogP contribution in [-0.2, 0) is 4.74 Å². The Kier molecular flexibility index (Phi) is 3.12. The lowest BCUT2D eigenvalue weighted by Crippen LogP contribution is -2.43. The number of hydrogen-bond acceptors (Lipinski definition) is 3. The van der Waals surface area contributed by atoms with Gasteiger partial charge in [-0.3, -0.25) is 5.32 Å². The molecular formula is C7H15N2O. The van der Waals surface area contributed by atoms with E-state index in [9.17, 15) is 0 Å². The van der Waals surface area contributed by atoms with Crippen molar-refractivity contribution in [2.24, 2.45) is 0 Å². The van der Waals surface area contributed by atoms with E-state index in [2.05, 4.69) is 24.5 Å². The molecule has 0 aliphatic carbocycles. The van der Waals surface area contributed by atoms with Gasteiger partial charge in [0, 0.05) is 19.1 Å². The Bertz CT molecular complexity index is 89.6. The minimum atomic E-state index is 0.467. The molecule has 0 spiro atoms. The summed E-state index contributed by atoms with van der Waals surface area (Å²) in [5.74, 6) is 0. The predicted octanol–water partition coefficient (Wildman–Crippen LogP) is 0.0937. The molecule has 0 unspecified atom stereocenters. The zero-order valence-electron chi connectivity index (χ0n) is 6.61. The molecule has 0 saturated carbocycles. The first-order valence-corrected chi connectivity index (χ1v) is 3.75. The second kappa shape index (κ2) is 3.91. The summed E-state index contributed by atoms with van der Waals surface area (Å²) in [7, 11) is 0. The zero-order valence-corrected chi connectivity index (χ0v) is 6.61. The molecule has 2 N–H and O–H groups in total. The third kappa shape index (κ3) is 2.64. The Balaban J connectivity index is 2.13. The summed E-state index contributed by atoms with van der Waals surface area (Å²) >= 11 is 0. The number of ether oxygens (including phenoxy) is 1. The zero-order chi connectivity index (χ0) is 7.40. The van der Waals surface area contributed by atoms with Crippen LogP contribution in [0.5, 0.6) is 0 Å². The summed E-state index contributed by atoms with van der Waals surface area (Å²) in [4.78, 5) is 0. The smallest absolute Gasteiger partial charge is 0.176 e. The Hall–Kier alpha value is -0.120. The molecule has 1 heterocycles. The molecule has 1 fully saturated rings. The molecule has 1 saturated heterocycles. The number of hydrogen-bond donors (Lipinski definition) is 2. The van der Waals surface area contributed by atoms with E-state index in [0.29, 0.717) is 6.04 Å². The van der Waals surface area contributed by atoms with Crippen LogP contribution in [0, 0.1) is 6.23 Å². The van der Waals surface area contributed by atoms with Gasteiger partial charge in [0.25, 0.3) is 0 Å². The van der Waals surface area contributed by atoms with Crippen molar-refractivity contribution in [1.82, 2.24) is 10.6 Å². The number of morpholine rings is 1. The Morgan fingerprint density at radius 1 is 1.60 bits per heavy atom. The molecule has 0 aromatic heterocycles. The minimum absolute atomic E-state index is 0.467. The molecule has 0 atom stereocenters. The van der Waals surface area contributed by atoms with Gasteiger partial charge in [-0.1, -0.05) is 0 Å². The van der Waals surface area contributed by atoms with Gasteiger partial charge in [0.2, 0.25) is 0 Å². The summed E-state index contributed by atoms with van der Waals surface area (Å²) in [5, 5.41) is 6.43. The third-order valence-electron chi connectivity index (χ3n) is 1.29. The monoisotopic (exact) mass is 143 g/mol. The Labute approximate surface area is 62.1 Å². The minimum Gasteiger partial charge on any atom is -0.353 e. The predicted molar refractivity (Wildman–Crippen MR) is 40.3 cm³/mol. The van der Waals surface area contributed by atoms with Crippen LogP contribution in [0.1, 0.15) is 13.8 Å². The molecule has 1 aliphatic rings. The molecule has 0 aromatic rings. The van der Waals surface area contributed by atoms with Gasteiger partial charge in [0.15, 0.2) is 6.23 Å². The second-order valence-corrected chi connectivity index (χ2v) is 2.75. The van der Waals surface area contributed by atoms with Crippen molar-refractivity contribution in [2.75, 3.05) is 19.7 Å². The fourth-order valence-electron chi connectivity index (χ4n) is 0.914. The molecule has 3 heteroatoms. The Morgan fingerprint density at radius 3 is 2.90 bits per heavy atom. The summed E-state index contributed by atoms with van der Waals surface area (Å²) in [5.41, 5.74) is 0. The van der Waals surface area contributed by atoms with Crippen LogP contribution in [0.2, 0.25) is 0 Å². The Morgan fingerprint density at radius 2 is 2.40 bits per heavy atom. The van der Waals surface area contributed by atoms with Crippen LogP contribution >= 0.6 is 0 Å². The maximum Gasteiger partial charge on any atom is 0.176 e. The van der Waals surface area contributed by atoms with Gasteiger partial charge >= 0.3 is 0 Å². The highest BCUT2D eigenvalue weighted by Gasteiger charge is 2.14. The fraction of sp³-hybridized carbons (Fsp3) is 0.857. The maximum atomic E-state index is 5.33. The summed E-state index contributed by atoms with van der Waals surface area (Å²) in [6.07, 6.45) is 0.973. The molecule has 10 heavy (non-hydrogen) atoms. The van der Waals surface area contributed by atoms with Crippen LogP contribution in [-0.4, -0.2) is 25.7 Å². The van der Waals surface area contributed by atoms with Gasteiger partial charge in [-0.05, 0) is 13.8 Å². The van der Waals surface area contributed by atoms with Crippen LogP contribution in [0.25, 0.3) is 0 Å². The third-order valence-corrected chi connectivity index (χ3v) is 1.29. The highest BCUT2D eigenvalue weighted by molar-refractivity contribution is 4.83. The highest BCUT2D eigenvalue weighted by atomic mass is 16.5. The average Bonchev–Trinajstić information content (AvgIpc) is 1.88. The molecule has 1 aliphatic heterocycles. The van der Waals surface area contributed by atoms with E-state index in [1.807, 2.05) is 0 Å². The van der Waals surface area contributed by atoms with E-state index in [1.54, 1.807) is 0 Å². The molecule has 0 amide bonds. The summed E-state index contributed by atoms with van der Waals surface area (Å²) < 4.78 is 5.33. The van der Waals surface area contributed by atoms with Crippen molar-refractivity contribution < 1.29 is 4.74 Å². The van der Waals surface area contributed by atoms with Crippen LogP contribution in [0.4, 0.5) is 0 Å². The number of nitrogens with one attached hydrogen (secondary N) is 2. The van der Waals surface area contributed by atoms with Crippen molar-refractivity contribution in [3.63, 3.8) is 0 Å². The summed E-state index contributed by atoms with van der Waals surface area (Å²) in [6, 6.07) is 0.467. The first-order chi connectivity index (χ1) is 4.79. The van der Waals surface area contributed by atoms with E-state index < -0.39 is 0 Å². The standard InChI is InChI=1S/C7H15N2O/c1-6(2)9-7-5-8-3-4-10-7/h6,8-9H,3-5H2,1-2H3. The van der Waals surface area contributed by atoms with E-state index >= 15 is 0 Å². The lowest BCUT2D eigenvalue weighted by atomic mass is 10.3. The van der Waals surface area contributed by atoms with Crippen molar-refractivity contribution in [1.29, 1.82) is 0 Å². The molecule has 0 aromatic carbocycles. The average molecular weight is 143 g/mol. The molecule has 59 valence electrons. The van der Waals surface area contributed by atoms with E-state index in [-0.39, 0.29) is 0 Å². The quantitative estimate of drug-likeness (QED) is 0.575. The van der Waals surface area contributed by atoms with Crippen molar-refractivity contribution in [3.05, 3.63) is 6.23 Å². The molecule has 3 nitrogen and oxygen atoms in total. The highest BCUT2D eigenvalue weighted by Crippen LogP contribution is 2.00. The molecule has 1 radical (unpaired) electrons. The fourth-order valence-corrected chi connectivity index (χ4v) is 0.914. The van der Waals surface area contributed by atoms with Gasteiger partial charge in [0.05, 0.1) is 6.61 Å². The normalized spacial score (nSPS) is 21.9. The first kappa shape index (κ1) is 7.98. The van der Waals surface area contributed by atoms with Crippen molar-refractivity contribution >= 4 is 0 Å². The van der Waals surface area contributed by atoms with Gasteiger partial charge in [-0.25, -0.2) is 0 Å². The second-order valence-electron chi connectivity index (χ2n) is 2.75. The van der Waals surface area contributed by atoms with Crippen molar-refractivity contribution in [3.8, 4) is 0 Å². The molecule has 0 bridgehead atoms. The van der Waals surface area contributed by atoms with E-state index in [0.717, 1.165) is 25.9 Å². The van der Waals surface area contributed by atoms with Crippen LogP contribution < -0.4 is 10.6 Å². The van der Waals surface area contributed by atoms with Crippen molar-refractivity contribution in [2.45, 2.75) is 19.9 Å². The molecule has 1 rings (SSSR count). The lowest BCUT2D eigenvalue weighted by molar-refractivity contribution is 0.0861. The van der Waals surface area contributed by atoms with Gasteiger partial charge in [0.1, 0.15) is 0 Å². The van der Waals surface area contributed by atoms with Crippen LogP contribution in [0.3, 0.4) is 0 Å². The van der Waals surface area contributed by atoms with Crippen LogP contribution in [0.15, 0.2) is 0 Å². The van der Waals surface area contributed by atoms with Gasteiger partial charge in [-0.15, -0.1) is 0 Å². The summed E-state index contributed by atoms with van der Waals surface area (Å²) in [6.45, 7) is 6.80. The van der Waals surface area contributed by atoms with E-state index in [1.165, 1.54) is 0 Å². The van der Waals surface area contributed by atoms with Gasteiger partial charge in [-0.2, -0.15) is 0 Å². The van der Waals surface area contributed by atoms with Gasteiger partial charge < -0.3 is 10.1 Å². The largest absolute Gasteiger partial charge is 0.353 e. The SMILES string of the molecule is CC(C)N[C]1CNCCO1. The first-order valence-electron chi connectivity index (χ1n) is 3.75.